The van der Waals surface area contributed by atoms with Crippen molar-refractivity contribution in [2.45, 2.75) is 13.8 Å². The Morgan fingerprint density at radius 2 is 1.44 bits per heavy atom. The fourth-order valence-corrected chi connectivity index (χ4v) is 2.14. The number of ketones is 1. The largest absolute Gasteiger partial charge is 0.497 e. The Hall–Kier alpha value is -3.08. The maximum atomic E-state index is 12.4. The summed E-state index contributed by atoms with van der Waals surface area (Å²) in [5.41, 5.74) is 1.85. The van der Waals surface area contributed by atoms with Gasteiger partial charge in [0.1, 0.15) is 17.3 Å². The van der Waals surface area contributed by atoms with Crippen LogP contribution in [0.5, 0.6) is 11.5 Å². The monoisotopic (exact) mass is 340 g/mol. The van der Waals surface area contributed by atoms with Gasteiger partial charge in [-0.2, -0.15) is 0 Å². The number of benzene rings is 2. The molecule has 0 heterocycles. The zero-order chi connectivity index (χ0) is 18.4. The molecule has 0 spiro atoms. The lowest BCUT2D eigenvalue weighted by Gasteiger charge is -2.07. The Morgan fingerprint density at radius 3 is 1.96 bits per heavy atom. The molecule has 0 atom stereocenters. The molecule has 0 aliphatic rings. The van der Waals surface area contributed by atoms with Crippen LogP contribution in [0.2, 0.25) is 0 Å². The number of carbonyl (C=O) groups excluding carboxylic acids is 2. The molecule has 0 saturated carbocycles. The van der Waals surface area contributed by atoms with E-state index in [0.29, 0.717) is 22.6 Å². The first kappa shape index (κ1) is 18.3. The third-order valence-corrected chi connectivity index (χ3v) is 3.51. The number of hydrogen-bond acceptors (Lipinski definition) is 5. The Balaban J connectivity index is 2.14. The number of carbonyl (C=O) groups is 2. The highest BCUT2D eigenvalue weighted by atomic mass is 16.5. The Labute approximate surface area is 146 Å². The van der Waals surface area contributed by atoms with Crippen LogP contribution in [-0.2, 0) is 4.74 Å². The summed E-state index contributed by atoms with van der Waals surface area (Å²) in [5, 5.41) is 0. The molecule has 2 aromatic carbocycles. The first-order valence-electron chi connectivity index (χ1n) is 7.67. The van der Waals surface area contributed by atoms with Gasteiger partial charge in [0.05, 0.1) is 19.8 Å². The standard InChI is InChI=1S/C20H20O5/c1-13-5-7-15(8-6-13)20(22)25-14(2)9-19(21)16-10-17(23-3)12-18(11-16)24-4/h5-12H,1-4H3/b14-9+. The van der Waals surface area contributed by atoms with Gasteiger partial charge in [-0.15, -0.1) is 0 Å². The van der Waals surface area contributed by atoms with Crippen LogP contribution >= 0.6 is 0 Å². The normalized spacial score (nSPS) is 11.0. The minimum absolute atomic E-state index is 0.206. The molecule has 130 valence electrons. The van der Waals surface area contributed by atoms with Crippen LogP contribution in [0, 0.1) is 6.92 Å². The molecule has 0 aliphatic heterocycles. The van der Waals surface area contributed by atoms with Gasteiger partial charge in [0.15, 0.2) is 5.78 Å². The molecule has 0 aliphatic carbocycles. The van der Waals surface area contributed by atoms with Gasteiger partial charge < -0.3 is 14.2 Å². The van der Waals surface area contributed by atoms with Crippen molar-refractivity contribution in [1.82, 2.24) is 0 Å². The molecule has 0 radical (unpaired) electrons. The van der Waals surface area contributed by atoms with Gasteiger partial charge in [-0.3, -0.25) is 4.79 Å². The minimum Gasteiger partial charge on any atom is -0.497 e. The number of hydrogen-bond donors (Lipinski definition) is 0. The van der Waals surface area contributed by atoms with Crippen LogP contribution in [0.15, 0.2) is 54.3 Å². The Morgan fingerprint density at radius 1 is 0.880 bits per heavy atom. The van der Waals surface area contributed by atoms with Crippen LogP contribution in [0.3, 0.4) is 0 Å². The van der Waals surface area contributed by atoms with E-state index in [1.807, 2.05) is 19.1 Å². The van der Waals surface area contributed by atoms with E-state index in [-0.39, 0.29) is 11.5 Å². The van der Waals surface area contributed by atoms with Gasteiger partial charge in [0.25, 0.3) is 0 Å². The summed E-state index contributed by atoms with van der Waals surface area (Å²) in [6.45, 7) is 3.49. The third-order valence-electron chi connectivity index (χ3n) is 3.51. The Kier molecular flexibility index (Phi) is 5.95. The van der Waals surface area contributed by atoms with E-state index in [0.717, 1.165) is 5.56 Å². The highest BCUT2D eigenvalue weighted by Gasteiger charge is 2.11. The Bertz CT molecular complexity index is 781. The molecule has 0 amide bonds. The van der Waals surface area contributed by atoms with Gasteiger partial charge in [-0.1, -0.05) is 17.7 Å². The molecule has 0 fully saturated rings. The number of rotatable bonds is 6. The molecular weight excluding hydrogens is 320 g/mol. The highest BCUT2D eigenvalue weighted by Crippen LogP contribution is 2.23. The second kappa shape index (κ2) is 8.15. The fourth-order valence-electron chi connectivity index (χ4n) is 2.14. The molecule has 0 unspecified atom stereocenters. The summed E-state index contributed by atoms with van der Waals surface area (Å²) in [6.07, 6.45) is 1.26. The second-order valence-corrected chi connectivity index (χ2v) is 5.48. The zero-order valence-electron chi connectivity index (χ0n) is 14.7. The maximum Gasteiger partial charge on any atom is 0.343 e. The fraction of sp³-hybridized carbons (Fsp3) is 0.200. The first-order chi connectivity index (χ1) is 11.9. The molecule has 0 aromatic heterocycles. The topological polar surface area (TPSA) is 61.8 Å². The summed E-state index contributed by atoms with van der Waals surface area (Å²) in [7, 11) is 3.01. The van der Waals surface area contributed by atoms with E-state index < -0.39 is 5.97 Å². The number of aryl methyl sites for hydroxylation is 1. The van der Waals surface area contributed by atoms with Crippen molar-refractivity contribution in [2.75, 3.05) is 14.2 Å². The van der Waals surface area contributed by atoms with E-state index in [1.165, 1.54) is 20.3 Å². The van der Waals surface area contributed by atoms with Crippen LogP contribution < -0.4 is 9.47 Å². The highest BCUT2D eigenvalue weighted by molar-refractivity contribution is 6.05. The minimum atomic E-state index is -0.509. The van der Waals surface area contributed by atoms with Crippen LogP contribution in [-0.4, -0.2) is 26.0 Å². The van der Waals surface area contributed by atoms with E-state index in [9.17, 15) is 9.59 Å². The van der Waals surface area contributed by atoms with Crippen molar-refractivity contribution in [2.24, 2.45) is 0 Å². The molecular formula is C20H20O5. The van der Waals surface area contributed by atoms with Gasteiger partial charge in [-0.05, 0) is 38.1 Å². The third kappa shape index (κ3) is 4.94. The quantitative estimate of drug-likeness (QED) is 0.345. The number of methoxy groups -OCH3 is 2. The van der Waals surface area contributed by atoms with Gasteiger partial charge in [-0.25, -0.2) is 4.79 Å². The predicted molar refractivity (Wildman–Crippen MR) is 94.2 cm³/mol. The van der Waals surface area contributed by atoms with Crippen molar-refractivity contribution < 1.29 is 23.8 Å². The van der Waals surface area contributed by atoms with E-state index in [2.05, 4.69) is 0 Å². The summed E-state index contributed by atoms with van der Waals surface area (Å²) < 4.78 is 15.5. The van der Waals surface area contributed by atoms with E-state index in [4.69, 9.17) is 14.2 Å². The van der Waals surface area contributed by atoms with Crippen molar-refractivity contribution in [3.8, 4) is 11.5 Å². The van der Waals surface area contributed by atoms with Crippen molar-refractivity contribution in [3.63, 3.8) is 0 Å². The molecule has 0 N–H and O–H groups in total. The smallest absolute Gasteiger partial charge is 0.343 e. The predicted octanol–water partition coefficient (Wildman–Crippen LogP) is 3.96. The first-order valence-corrected chi connectivity index (χ1v) is 7.67. The average molecular weight is 340 g/mol. The molecule has 5 nitrogen and oxygen atoms in total. The van der Waals surface area contributed by atoms with Crippen molar-refractivity contribution >= 4 is 11.8 Å². The van der Waals surface area contributed by atoms with Gasteiger partial charge in [0.2, 0.25) is 0 Å². The van der Waals surface area contributed by atoms with Crippen LogP contribution in [0.25, 0.3) is 0 Å². The number of allylic oxidation sites excluding steroid dienone is 2. The lowest BCUT2D eigenvalue weighted by molar-refractivity contribution is 0.0625. The summed E-state index contributed by atoms with van der Waals surface area (Å²) in [5.74, 6) is 0.393. The van der Waals surface area contributed by atoms with Gasteiger partial charge >= 0.3 is 5.97 Å². The molecule has 2 rings (SSSR count). The van der Waals surface area contributed by atoms with Crippen LogP contribution in [0.1, 0.15) is 33.2 Å². The van der Waals surface area contributed by atoms with Crippen molar-refractivity contribution in [1.29, 1.82) is 0 Å². The van der Waals surface area contributed by atoms with E-state index >= 15 is 0 Å². The summed E-state index contributed by atoms with van der Waals surface area (Å²) >= 11 is 0. The average Bonchev–Trinajstić information content (AvgIpc) is 2.61. The molecule has 25 heavy (non-hydrogen) atoms. The maximum absolute atomic E-state index is 12.4. The SMILES string of the molecule is COc1cc(OC)cc(C(=O)/C=C(\C)OC(=O)c2ccc(C)cc2)c1. The molecule has 5 heteroatoms. The molecule has 0 saturated heterocycles. The summed E-state index contributed by atoms with van der Waals surface area (Å²) in [4.78, 5) is 24.4. The zero-order valence-corrected chi connectivity index (χ0v) is 14.7. The number of ether oxygens (including phenoxy) is 3. The van der Waals surface area contributed by atoms with Crippen LogP contribution in [0.4, 0.5) is 0 Å². The molecule has 0 bridgehead atoms. The number of esters is 1. The lowest BCUT2D eigenvalue weighted by atomic mass is 10.1. The van der Waals surface area contributed by atoms with Crippen molar-refractivity contribution in [3.05, 3.63) is 71.0 Å². The van der Waals surface area contributed by atoms with Gasteiger partial charge in [0, 0.05) is 17.7 Å². The summed E-state index contributed by atoms with van der Waals surface area (Å²) in [6, 6.07) is 11.9. The van der Waals surface area contributed by atoms with E-state index in [1.54, 1.807) is 37.3 Å². The lowest BCUT2D eigenvalue weighted by Crippen LogP contribution is -2.05. The molecule has 2 aromatic rings. The second-order valence-electron chi connectivity index (χ2n) is 5.48.